The van der Waals surface area contributed by atoms with Crippen molar-refractivity contribution in [3.05, 3.63) is 29.3 Å². The van der Waals surface area contributed by atoms with Gasteiger partial charge in [0.05, 0.1) is 5.56 Å². The average molecular weight is 251 g/mol. The molecule has 0 aliphatic heterocycles. The quantitative estimate of drug-likeness (QED) is 0.649. The third-order valence-electron chi connectivity index (χ3n) is 2.77. The van der Waals surface area contributed by atoms with Gasteiger partial charge in [0.1, 0.15) is 5.75 Å². The summed E-state index contributed by atoms with van der Waals surface area (Å²) in [5.74, 6) is -0.220. The molecule has 0 saturated heterocycles. The smallest absolute Gasteiger partial charge is 0.255 e. The van der Waals surface area contributed by atoms with Gasteiger partial charge < -0.3 is 15.5 Å². The molecule has 3 N–H and O–H groups in total. The number of carbonyl (C=O) groups is 1. The summed E-state index contributed by atoms with van der Waals surface area (Å²) in [4.78, 5) is 11.8. The lowest BCUT2D eigenvalue weighted by molar-refractivity contribution is 0.0950. The largest absolute Gasteiger partial charge is 0.507 e. The predicted molar refractivity (Wildman–Crippen MR) is 70.7 cm³/mol. The molecule has 1 aromatic carbocycles. The van der Waals surface area contributed by atoms with E-state index in [2.05, 4.69) is 5.32 Å². The number of carbonyl (C=O) groups excluding carboxylic acids is 1. The fourth-order valence-corrected chi connectivity index (χ4v) is 1.72. The fourth-order valence-electron chi connectivity index (χ4n) is 1.72. The molecular formula is C14H21NO3. The number of benzene rings is 1. The second-order valence-corrected chi connectivity index (χ2v) is 4.41. The van der Waals surface area contributed by atoms with Crippen LogP contribution < -0.4 is 5.32 Å². The Bertz CT molecular complexity index is 391. The van der Waals surface area contributed by atoms with Gasteiger partial charge in [-0.25, -0.2) is 0 Å². The molecule has 1 aromatic rings. The summed E-state index contributed by atoms with van der Waals surface area (Å²) in [6.07, 6.45) is 3.66. The molecule has 0 atom stereocenters. The van der Waals surface area contributed by atoms with E-state index in [0.29, 0.717) is 12.1 Å². The van der Waals surface area contributed by atoms with Crippen LogP contribution in [0.2, 0.25) is 0 Å². The van der Waals surface area contributed by atoms with Crippen LogP contribution in [-0.4, -0.2) is 29.3 Å². The van der Waals surface area contributed by atoms with Crippen LogP contribution >= 0.6 is 0 Å². The van der Waals surface area contributed by atoms with Crippen molar-refractivity contribution in [3.63, 3.8) is 0 Å². The van der Waals surface area contributed by atoms with Crippen LogP contribution in [0.15, 0.2) is 18.2 Å². The highest BCUT2D eigenvalue weighted by Gasteiger charge is 2.09. The van der Waals surface area contributed by atoms with Crippen LogP contribution in [0.4, 0.5) is 0 Å². The van der Waals surface area contributed by atoms with Crippen molar-refractivity contribution in [1.29, 1.82) is 0 Å². The number of aliphatic hydroxyl groups is 1. The number of unbranched alkanes of at least 4 members (excludes halogenated alkanes) is 3. The summed E-state index contributed by atoms with van der Waals surface area (Å²) in [5.41, 5.74) is 1.24. The van der Waals surface area contributed by atoms with E-state index in [1.807, 2.05) is 6.92 Å². The SMILES string of the molecule is Cc1ccc(C(=O)NCCCCCCO)c(O)c1. The van der Waals surface area contributed by atoms with Gasteiger partial charge in [-0.15, -0.1) is 0 Å². The van der Waals surface area contributed by atoms with E-state index in [1.165, 1.54) is 0 Å². The number of rotatable bonds is 7. The first kappa shape index (κ1) is 14.5. The molecule has 0 saturated carbocycles. The van der Waals surface area contributed by atoms with E-state index in [0.717, 1.165) is 31.2 Å². The van der Waals surface area contributed by atoms with E-state index >= 15 is 0 Å². The summed E-state index contributed by atoms with van der Waals surface area (Å²) in [5, 5.41) is 21.0. The number of aryl methyl sites for hydroxylation is 1. The highest BCUT2D eigenvalue weighted by atomic mass is 16.3. The third kappa shape index (κ3) is 4.75. The lowest BCUT2D eigenvalue weighted by atomic mass is 10.1. The number of aliphatic hydroxyl groups excluding tert-OH is 1. The van der Waals surface area contributed by atoms with Crippen molar-refractivity contribution in [2.45, 2.75) is 32.6 Å². The molecule has 0 radical (unpaired) electrons. The van der Waals surface area contributed by atoms with Gasteiger partial charge in [0.2, 0.25) is 0 Å². The topological polar surface area (TPSA) is 69.6 Å². The molecule has 100 valence electrons. The summed E-state index contributed by atoms with van der Waals surface area (Å²) >= 11 is 0. The van der Waals surface area contributed by atoms with E-state index < -0.39 is 0 Å². The van der Waals surface area contributed by atoms with Gasteiger partial charge in [0, 0.05) is 13.2 Å². The van der Waals surface area contributed by atoms with Crippen molar-refractivity contribution >= 4 is 5.91 Å². The van der Waals surface area contributed by atoms with Crippen LogP contribution in [0.5, 0.6) is 5.75 Å². The van der Waals surface area contributed by atoms with E-state index in [9.17, 15) is 9.90 Å². The molecule has 1 amide bonds. The van der Waals surface area contributed by atoms with Gasteiger partial charge in [0.15, 0.2) is 0 Å². The summed E-state index contributed by atoms with van der Waals surface area (Å²) < 4.78 is 0. The summed E-state index contributed by atoms with van der Waals surface area (Å²) in [6.45, 7) is 2.68. The van der Waals surface area contributed by atoms with Crippen LogP contribution in [-0.2, 0) is 0 Å². The first-order chi connectivity index (χ1) is 8.65. The van der Waals surface area contributed by atoms with Crippen LogP contribution in [0.25, 0.3) is 0 Å². The Labute approximate surface area is 108 Å². The van der Waals surface area contributed by atoms with Crippen LogP contribution in [0.1, 0.15) is 41.6 Å². The zero-order valence-corrected chi connectivity index (χ0v) is 10.8. The zero-order chi connectivity index (χ0) is 13.4. The maximum absolute atomic E-state index is 11.8. The van der Waals surface area contributed by atoms with E-state index in [4.69, 9.17) is 5.11 Å². The van der Waals surface area contributed by atoms with Crippen molar-refractivity contribution in [1.82, 2.24) is 5.32 Å². The standard InChI is InChI=1S/C14H21NO3/c1-11-6-7-12(13(17)10-11)14(18)15-8-4-2-3-5-9-16/h6-7,10,16-17H,2-5,8-9H2,1H3,(H,15,18). The van der Waals surface area contributed by atoms with Crippen molar-refractivity contribution in [2.75, 3.05) is 13.2 Å². The molecule has 0 fully saturated rings. The second-order valence-electron chi connectivity index (χ2n) is 4.41. The lowest BCUT2D eigenvalue weighted by Crippen LogP contribution is -2.24. The van der Waals surface area contributed by atoms with Crippen LogP contribution in [0.3, 0.4) is 0 Å². The molecule has 4 heteroatoms. The molecular weight excluding hydrogens is 230 g/mol. The first-order valence-electron chi connectivity index (χ1n) is 6.34. The molecule has 1 rings (SSSR count). The highest BCUT2D eigenvalue weighted by Crippen LogP contribution is 2.18. The maximum atomic E-state index is 11.8. The number of aromatic hydroxyl groups is 1. The molecule has 0 bridgehead atoms. The van der Waals surface area contributed by atoms with Gasteiger partial charge in [-0.2, -0.15) is 0 Å². The number of hydrogen-bond donors (Lipinski definition) is 3. The maximum Gasteiger partial charge on any atom is 0.255 e. The summed E-state index contributed by atoms with van der Waals surface area (Å²) in [6, 6.07) is 5.01. The number of amides is 1. The van der Waals surface area contributed by atoms with Gasteiger partial charge in [-0.05, 0) is 37.5 Å². The third-order valence-corrected chi connectivity index (χ3v) is 2.77. The molecule has 0 spiro atoms. The molecule has 18 heavy (non-hydrogen) atoms. The van der Waals surface area contributed by atoms with Crippen molar-refractivity contribution in [3.8, 4) is 5.75 Å². The Kier molecular flexibility index (Phi) is 6.22. The second kappa shape index (κ2) is 7.71. The molecule has 0 unspecified atom stereocenters. The Balaban J connectivity index is 2.32. The van der Waals surface area contributed by atoms with Gasteiger partial charge in [-0.1, -0.05) is 18.9 Å². The fraction of sp³-hybridized carbons (Fsp3) is 0.500. The molecule has 0 heterocycles. The van der Waals surface area contributed by atoms with E-state index in [1.54, 1.807) is 18.2 Å². The van der Waals surface area contributed by atoms with E-state index in [-0.39, 0.29) is 18.3 Å². The molecule has 0 aliphatic carbocycles. The van der Waals surface area contributed by atoms with Crippen LogP contribution in [0, 0.1) is 6.92 Å². The predicted octanol–water partition coefficient (Wildman–Crippen LogP) is 1.98. The normalized spacial score (nSPS) is 10.3. The Morgan fingerprint density at radius 1 is 1.22 bits per heavy atom. The minimum absolute atomic E-state index is 0.0211. The van der Waals surface area contributed by atoms with Crippen molar-refractivity contribution < 1.29 is 15.0 Å². The first-order valence-corrected chi connectivity index (χ1v) is 6.34. The highest BCUT2D eigenvalue weighted by molar-refractivity contribution is 5.96. The zero-order valence-electron chi connectivity index (χ0n) is 10.8. The molecule has 4 nitrogen and oxygen atoms in total. The van der Waals surface area contributed by atoms with Crippen molar-refractivity contribution in [2.24, 2.45) is 0 Å². The number of hydrogen-bond acceptors (Lipinski definition) is 3. The minimum atomic E-state index is -0.241. The summed E-state index contributed by atoms with van der Waals surface area (Å²) in [7, 11) is 0. The lowest BCUT2D eigenvalue weighted by Gasteiger charge is -2.07. The van der Waals surface area contributed by atoms with Gasteiger partial charge in [0.25, 0.3) is 5.91 Å². The Hall–Kier alpha value is -1.55. The Morgan fingerprint density at radius 2 is 1.94 bits per heavy atom. The number of phenols is 1. The van der Waals surface area contributed by atoms with Gasteiger partial charge >= 0.3 is 0 Å². The Morgan fingerprint density at radius 3 is 2.61 bits per heavy atom. The number of phenolic OH excluding ortho intramolecular Hbond substituents is 1. The minimum Gasteiger partial charge on any atom is -0.507 e. The average Bonchev–Trinajstić information content (AvgIpc) is 2.33. The monoisotopic (exact) mass is 251 g/mol. The molecule has 0 aliphatic rings. The number of nitrogens with one attached hydrogen (secondary N) is 1. The molecule has 0 aromatic heterocycles. The van der Waals surface area contributed by atoms with Gasteiger partial charge in [-0.3, -0.25) is 4.79 Å².